The highest BCUT2D eigenvalue weighted by Crippen LogP contribution is 2.13. The monoisotopic (exact) mass is 277 g/mol. The van der Waals surface area contributed by atoms with Gasteiger partial charge in [-0.3, -0.25) is 4.79 Å². The van der Waals surface area contributed by atoms with Crippen LogP contribution >= 0.6 is 11.3 Å². The molecule has 0 unspecified atom stereocenters. The zero-order chi connectivity index (χ0) is 13.7. The van der Waals surface area contributed by atoms with Gasteiger partial charge in [0, 0.05) is 11.4 Å². The molecule has 4 heteroatoms. The Hall–Kier alpha value is -1.68. The lowest BCUT2D eigenvalue weighted by molar-refractivity contribution is -0.130. The zero-order valence-electron chi connectivity index (χ0n) is 10.8. The van der Waals surface area contributed by atoms with Crippen LogP contribution in [0, 0.1) is 5.82 Å². The molecule has 0 saturated carbocycles. The van der Waals surface area contributed by atoms with Gasteiger partial charge in [0.05, 0.1) is 13.0 Å². The van der Waals surface area contributed by atoms with Crippen molar-refractivity contribution in [2.45, 2.75) is 19.9 Å². The van der Waals surface area contributed by atoms with Crippen LogP contribution in [0.3, 0.4) is 0 Å². The van der Waals surface area contributed by atoms with Crippen LogP contribution in [0.2, 0.25) is 0 Å². The van der Waals surface area contributed by atoms with Gasteiger partial charge >= 0.3 is 0 Å². The summed E-state index contributed by atoms with van der Waals surface area (Å²) in [7, 11) is 0. The van der Waals surface area contributed by atoms with Gasteiger partial charge in [0.2, 0.25) is 5.91 Å². The second-order valence-electron chi connectivity index (χ2n) is 4.29. The summed E-state index contributed by atoms with van der Waals surface area (Å²) in [6.45, 7) is 3.24. The van der Waals surface area contributed by atoms with Gasteiger partial charge in [0.25, 0.3) is 0 Å². The van der Waals surface area contributed by atoms with E-state index in [1.165, 1.54) is 12.1 Å². The Morgan fingerprint density at radius 1 is 1.32 bits per heavy atom. The normalized spacial score (nSPS) is 10.4. The molecule has 2 nitrogen and oxygen atoms in total. The van der Waals surface area contributed by atoms with E-state index in [0.29, 0.717) is 13.1 Å². The van der Waals surface area contributed by atoms with E-state index in [-0.39, 0.29) is 18.1 Å². The molecule has 1 aromatic heterocycles. The number of benzene rings is 1. The first-order valence-electron chi connectivity index (χ1n) is 6.23. The summed E-state index contributed by atoms with van der Waals surface area (Å²) >= 11 is 1.64. The summed E-state index contributed by atoms with van der Waals surface area (Å²) in [4.78, 5) is 15.1. The first-order chi connectivity index (χ1) is 9.19. The zero-order valence-corrected chi connectivity index (χ0v) is 11.6. The van der Waals surface area contributed by atoms with E-state index in [2.05, 4.69) is 0 Å². The van der Waals surface area contributed by atoms with Gasteiger partial charge in [-0.15, -0.1) is 11.3 Å². The number of hydrogen-bond donors (Lipinski definition) is 0. The summed E-state index contributed by atoms with van der Waals surface area (Å²) < 4.78 is 13.1. The van der Waals surface area contributed by atoms with Crippen molar-refractivity contribution in [1.29, 1.82) is 0 Å². The number of hydrogen-bond acceptors (Lipinski definition) is 2. The number of amides is 1. The van der Waals surface area contributed by atoms with Crippen LogP contribution in [0.25, 0.3) is 0 Å². The lowest BCUT2D eigenvalue weighted by Crippen LogP contribution is -2.31. The first-order valence-corrected chi connectivity index (χ1v) is 7.11. The van der Waals surface area contributed by atoms with Gasteiger partial charge in [-0.25, -0.2) is 4.39 Å². The Balaban J connectivity index is 2.00. The maximum Gasteiger partial charge on any atom is 0.227 e. The van der Waals surface area contributed by atoms with Crippen molar-refractivity contribution in [3.05, 3.63) is 58.0 Å². The summed E-state index contributed by atoms with van der Waals surface area (Å²) in [6, 6.07) is 10.2. The molecule has 0 N–H and O–H groups in total. The summed E-state index contributed by atoms with van der Waals surface area (Å²) in [5, 5.41) is 2.00. The van der Waals surface area contributed by atoms with Gasteiger partial charge in [0.15, 0.2) is 0 Å². The first kappa shape index (κ1) is 13.7. The topological polar surface area (TPSA) is 20.3 Å². The van der Waals surface area contributed by atoms with E-state index in [4.69, 9.17) is 0 Å². The molecule has 1 heterocycles. The fourth-order valence-corrected chi connectivity index (χ4v) is 2.62. The molecule has 0 aliphatic rings. The fourth-order valence-electron chi connectivity index (χ4n) is 1.90. The van der Waals surface area contributed by atoms with Crippen LogP contribution in [0.4, 0.5) is 4.39 Å². The quantitative estimate of drug-likeness (QED) is 0.819. The van der Waals surface area contributed by atoms with E-state index in [1.54, 1.807) is 28.4 Å². The molecule has 2 rings (SSSR count). The number of thiophene rings is 1. The molecule has 1 aromatic carbocycles. The molecular formula is C15H16FNOS. The number of carbonyl (C=O) groups is 1. The van der Waals surface area contributed by atoms with Crippen molar-refractivity contribution in [1.82, 2.24) is 4.90 Å². The Morgan fingerprint density at radius 2 is 2.16 bits per heavy atom. The van der Waals surface area contributed by atoms with Gasteiger partial charge in [-0.2, -0.15) is 0 Å². The highest BCUT2D eigenvalue weighted by Gasteiger charge is 2.13. The Morgan fingerprint density at radius 3 is 2.79 bits per heavy atom. The maximum absolute atomic E-state index is 13.1. The van der Waals surface area contributed by atoms with Crippen LogP contribution in [0.5, 0.6) is 0 Å². The van der Waals surface area contributed by atoms with Crippen LogP contribution in [-0.2, 0) is 17.8 Å². The van der Waals surface area contributed by atoms with Crippen molar-refractivity contribution in [2.24, 2.45) is 0 Å². The minimum atomic E-state index is -0.299. The van der Waals surface area contributed by atoms with Gasteiger partial charge < -0.3 is 4.90 Å². The molecular weight excluding hydrogens is 261 g/mol. The molecule has 0 radical (unpaired) electrons. The summed E-state index contributed by atoms with van der Waals surface area (Å²) in [5.74, 6) is -0.270. The summed E-state index contributed by atoms with van der Waals surface area (Å²) in [5.41, 5.74) is 0.717. The molecule has 1 amide bonds. The molecule has 0 atom stereocenters. The van der Waals surface area contributed by atoms with E-state index in [0.717, 1.165) is 10.4 Å². The van der Waals surface area contributed by atoms with E-state index in [9.17, 15) is 9.18 Å². The molecule has 100 valence electrons. The van der Waals surface area contributed by atoms with Gasteiger partial charge in [-0.1, -0.05) is 18.2 Å². The van der Waals surface area contributed by atoms with Gasteiger partial charge in [-0.05, 0) is 36.1 Å². The van der Waals surface area contributed by atoms with Crippen molar-refractivity contribution >= 4 is 17.2 Å². The molecule has 2 aromatic rings. The lowest BCUT2D eigenvalue weighted by Gasteiger charge is -2.20. The predicted octanol–water partition coefficient (Wildman–Crippen LogP) is 3.48. The lowest BCUT2D eigenvalue weighted by atomic mass is 10.1. The molecule has 0 bridgehead atoms. The SMILES string of the molecule is CCN(Cc1cccs1)C(=O)Cc1cccc(F)c1. The number of likely N-dealkylation sites (N-methyl/N-ethyl adjacent to an activating group) is 1. The second kappa shape index (κ2) is 6.48. The smallest absolute Gasteiger partial charge is 0.227 e. The van der Waals surface area contributed by atoms with E-state index >= 15 is 0 Å². The van der Waals surface area contributed by atoms with Crippen LogP contribution in [-0.4, -0.2) is 17.4 Å². The molecule has 19 heavy (non-hydrogen) atoms. The fraction of sp³-hybridized carbons (Fsp3) is 0.267. The average Bonchev–Trinajstić information content (AvgIpc) is 2.88. The molecule has 0 saturated heterocycles. The third-order valence-corrected chi connectivity index (χ3v) is 3.77. The average molecular weight is 277 g/mol. The Bertz CT molecular complexity index is 539. The van der Waals surface area contributed by atoms with Crippen molar-refractivity contribution < 1.29 is 9.18 Å². The number of rotatable bonds is 5. The Labute approximate surface area is 116 Å². The molecule has 0 spiro atoms. The highest BCUT2D eigenvalue weighted by molar-refractivity contribution is 7.09. The van der Waals surface area contributed by atoms with Crippen LogP contribution < -0.4 is 0 Å². The van der Waals surface area contributed by atoms with Crippen molar-refractivity contribution in [2.75, 3.05) is 6.54 Å². The minimum absolute atomic E-state index is 0.0292. The Kier molecular flexibility index (Phi) is 4.68. The maximum atomic E-state index is 13.1. The van der Waals surface area contributed by atoms with Crippen molar-refractivity contribution in [3.8, 4) is 0 Å². The minimum Gasteiger partial charge on any atom is -0.338 e. The molecule has 0 fully saturated rings. The third kappa shape index (κ3) is 3.89. The van der Waals surface area contributed by atoms with Gasteiger partial charge in [0.1, 0.15) is 5.82 Å². The van der Waals surface area contributed by atoms with Crippen LogP contribution in [0.15, 0.2) is 41.8 Å². The van der Waals surface area contributed by atoms with Crippen LogP contribution in [0.1, 0.15) is 17.4 Å². The van der Waals surface area contributed by atoms with Crippen molar-refractivity contribution in [3.63, 3.8) is 0 Å². The van der Waals surface area contributed by atoms with E-state index in [1.807, 2.05) is 24.4 Å². The number of carbonyl (C=O) groups excluding carboxylic acids is 1. The second-order valence-corrected chi connectivity index (χ2v) is 5.33. The molecule has 0 aliphatic heterocycles. The number of halogens is 1. The summed E-state index contributed by atoms with van der Waals surface area (Å²) in [6.07, 6.45) is 0.247. The predicted molar refractivity (Wildman–Crippen MR) is 75.5 cm³/mol. The standard InChI is InChI=1S/C15H16FNOS/c1-2-17(11-14-7-4-8-19-14)15(18)10-12-5-3-6-13(16)9-12/h3-9H,2,10-11H2,1H3. The third-order valence-electron chi connectivity index (χ3n) is 2.91. The number of nitrogens with zero attached hydrogens (tertiary/aromatic N) is 1. The van der Waals surface area contributed by atoms with E-state index < -0.39 is 0 Å². The molecule has 0 aliphatic carbocycles. The largest absolute Gasteiger partial charge is 0.338 e. The highest BCUT2D eigenvalue weighted by atomic mass is 32.1.